The molecule has 1 unspecified atom stereocenters. The van der Waals surface area contributed by atoms with E-state index in [1.165, 1.54) is 67.0 Å². The van der Waals surface area contributed by atoms with Gasteiger partial charge in [0.1, 0.15) is 12.1 Å². The number of aromatic nitrogens is 1. The number of carboxylic acids is 2. The molecule has 50 heavy (non-hydrogen) atoms. The van der Waals surface area contributed by atoms with Gasteiger partial charge >= 0.3 is 11.9 Å². The second-order valence-corrected chi connectivity index (χ2v) is 14.8. The number of aliphatic carboxylic acids is 1. The van der Waals surface area contributed by atoms with Gasteiger partial charge in [-0.3, -0.25) is 14.6 Å². The second-order valence-electron chi connectivity index (χ2n) is 11.2. The molecule has 0 saturated carbocycles. The monoisotopic (exact) mass is 778 g/mol. The number of benzene rings is 3. The normalized spacial score (nSPS) is 16.8. The number of hydrogen-bond donors (Lipinski definition) is 4. The van der Waals surface area contributed by atoms with Gasteiger partial charge in [-0.1, -0.05) is 70.7 Å². The van der Waals surface area contributed by atoms with Gasteiger partial charge in [0.15, 0.2) is 0 Å². The van der Waals surface area contributed by atoms with Crippen LogP contribution < -0.4 is 10.6 Å². The van der Waals surface area contributed by atoms with E-state index in [2.05, 4.69) is 15.6 Å². The summed E-state index contributed by atoms with van der Waals surface area (Å²) < 4.78 is 28.8. The number of sulfonamides is 1. The van der Waals surface area contributed by atoms with E-state index in [9.17, 15) is 37.8 Å². The number of carbonyl (C=O) groups excluding carboxylic acids is 2. The molecule has 0 bridgehead atoms. The highest BCUT2D eigenvalue weighted by molar-refractivity contribution is 7.89. The smallest absolute Gasteiger partial charge is 0.335 e. The minimum Gasteiger partial charge on any atom is -0.480 e. The highest BCUT2D eigenvalue weighted by atomic mass is 35.5. The fourth-order valence-corrected chi connectivity index (χ4v) is 8.52. The maximum Gasteiger partial charge on any atom is 0.335 e. The standard InChI is InChI=1S/C33H26Cl4N4O8S/c34-20-12-21(35)14-23(13-20)50(48,49)41-10-9-24(18-3-5-19(6-4-18)32(44)45)29(41)31(43)40-27(33(46)47)11-17-1-7-22(8-2-17)39-30(42)28-25(36)15-38-16-26(28)37/h1-8,12-16,24,27,29H,9-11H2,(H,39,42)(H,40,43)(H,44,45)(H,46,47)/t24-,27-,29?/m0/s1. The first kappa shape index (κ1) is 37.0. The second kappa shape index (κ2) is 15.3. The van der Waals surface area contributed by atoms with Crippen LogP contribution in [0.1, 0.15) is 44.2 Å². The van der Waals surface area contributed by atoms with Crippen LogP contribution in [-0.4, -0.2) is 70.3 Å². The predicted molar refractivity (Wildman–Crippen MR) is 187 cm³/mol. The summed E-state index contributed by atoms with van der Waals surface area (Å²) >= 11 is 24.3. The quantitative estimate of drug-likeness (QED) is 0.142. The number of pyridine rings is 1. The average Bonchev–Trinajstić information content (AvgIpc) is 3.51. The number of halogens is 4. The lowest BCUT2D eigenvalue weighted by Gasteiger charge is -2.28. The van der Waals surface area contributed by atoms with Gasteiger partial charge in [-0.15, -0.1) is 0 Å². The first-order valence-corrected chi connectivity index (χ1v) is 17.6. The van der Waals surface area contributed by atoms with Gasteiger partial charge < -0.3 is 20.8 Å². The Morgan fingerprint density at radius 3 is 2.04 bits per heavy atom. The molecule has 3 aromatic carbocycles. The molecular formula is C33H26Cl4N4O8S. The number of carboxylic acid groups (broad SMARTS) is 2. The van der Waals surface area contributed by atoms with E-state index in [0.29, 0.717) is 16.8 Å². The van der Waals surface area contributed by atoms with Gasteiger partial charge in [0.2, 0.25) is 15.9 Å². The molecule has 3 atom stereocenters. The summed E-state index contributed by atoms with van der Waals surface area (Å²) in [7, 11) is -4.39. The molecule has 17 heteroatoms. The van der Waals surface area contributed by atoms with E-state index in [0.717, 1.165) is 4.31 Å². The van der Waals surface area contributed by atoms with Crippen LogP contribution in [0.5, 0.6) is 0 Å². The molecule has 4 aromatic rings. The molecule has 0 spiro atoms. The Hall–Kier alpha value is -4.24. The van der Waals surface area contributed by atoms with Gasteiger partial charge in [0.05, 0.1) is 26.1 Å². The third kappa shape index (κ3) is 8.20. The molecule has 12 nitrogen and oxygen atoms in total. The molecule has 1 aliphatic rings. The molecule has 1 saturated heterocycles. The maximum atomic E-state index is 14.0. The van der Waals surface area contributed by atoms with Crippen LogP contribution in [0.2, 0.25) is 20.1 Å². The molecule has 1 aromatic heterocycles. The largest absolute Gasteiger partial charge is 0.480 e. The summed E-state index contributed by atoms with van der Waals surface area (Å²) in [5.74, 6) is -4.78. The lowest BCUT2D eigenvalue weighted by molar-refractivity contribution is -0.142. The zero-order valence-electron chi connectivity index (χ0n) is 25.5. The van der Waals surface area contributed by atoms with Crippen molar-refractivity contribution in [2.75, 3.05) is 11.9 Å². The zero-order chi connectivity index (χ0) is 36.3. The molecule has 1 aliphatic heterocycles. The summed E-state index contributed by atoms with van der Waals surface area (Å²) in [6, 6.07) is 12.7. The van der Waals surface area contributed by atoms with E-state index in [1.54, 1.807) is 12.1 Å². The lowest BCUT2D eigenvalue weighted by Crippen LogP contribution is -2.52. The van der Waals surface area contributed by atoms with Crippen molar-refractivity contribution in [3.63, 3.8) is 0 Å². The fourth-order valence-electron chi connectivity index (χ4n) is 5.62. The van der Waals surface area contributed by atoms with Gasteiger partial charge in [-0.05, 0) is 60.0 Å². The predicted octanol–water partition coefficient (Wildman–Crippen LogP) is 6.00. The van der Waals surface area contributed by atoms with Gasteiger partial charge in [0.25, 0.3) is 5.91 Å². The molecule has 0 aliphatic carbocycles. The van der Waals surface area contributed by atoms with Crippen molar-refractivity contribution in [3.05, 3.63) is 121 Å². The van der Waals surface area contributed by atoms with Crippen LogP contribution >= 0.6 is 46.4 Å². The van der Waals surface area contributed by atoms with Crippen molar-refractivity contribution >= 4 is 85.9 Å². The number of rotatable bonds is 11. The van der Waals surface area contributed by atoms with Crippen LogP contribution in [0.15, 0.2) is 84.0 Å². The highest BCUT2D eigenvalue weighted by Gasteiger charge is 2.47. The van der Waals surface area contributed by atoms with E-state index in [1.807, 2.05) is 0 Å². The van der Waals surface area contributed by atoms with Crippen LogP contribution in [0.3, 0.4) is 0 Å². The first-order chi connectivity index (χ1) is 23.6. The molecule has 1 fully saturated rings. The van der Waals surface area contributed by atoms with Gasteiger partial charge in [-0.25, -0.2) is 18.0 Å². The van der Waals surface area contributed by atoms with E-state index >= 15 is 0 Å². The topological polar surface area (TPSA) is 183 Å². The van der Waals surface area contributed by atoms with Crippen molar-refractivity contribution in [1.29, 1.82) is 0 Å². The maximum absolute atomic E-state index is 14.0. The Labute approximate surface area is 306 Å². The minimum atomic E-state index is -4.39. The Balaban J connectivity index is 1.39. The Morgan fingerprint density at radius 2 is 1.48 bits per heavy atom. The number of hydrogen-bond acceptors (Lipinski definition) is 7. The molecule has 2 heterocycles. The number of nitrogens with one attached hydrogen (secondary N) is 2. The van der Waals surface area contributed by atoms with E-state index < -0.39 is 51.8 Å². The van der Waals surface area contributed by atoms with Crippen molar-refractivity contribution in [1.82, 2.24) is 14.6 Å². The Kier molecular flexibility index (Phi) is 11.4. The number of anilines is 1. The summed E-state index contributed by atoms with van der Waals surface area (Å²) in [5.41, 5.74) is 1.32. The van der Waals surface area contributed by atoms with Crippen molar-refractivity contribution < 1.29 is 37.8 Å². The molecule has 0 radical (unpaired) electrons. The molecule has 5 rings (SSSR count). The number of nitrogens with zero attached hydrogens (tertiary/aromatic N) is 2. The van der Waals surface area contributed by atoms with Crippen LogP contribution in [0.25, 0.3) is 0 Å². The summed E-state index contributed by atoms with van der Waals surface area (Å²) in [6.07, 6.45) is 2.52. The van der Waals surface area contributed by atoms with Crippen LogP contribution in [0.4, 0.5) is 5.69 Å². The minimum absolute atomic E-state index is 0.00715. The van der Waals surface area contributed by atoms with Crippen molar-refractivity contribution in [3.8, 4) is 0 Å². The Bertz CT molecular complexity index is 2040. The highest BCUT2D eigenvalue weighted by Crippen LogP contribution is 2.38. The van der Waals surface area contributed by atoms with Gasteiger partial charge in [-0.2, -0.15) is 4.31 Å². The fraction of sp³-hybridized carbons (Fsp3) is 0.182. The van der Waals surface area contributed by atoms with Crippen molar-refractivity contribution in [2.45, 2.75) is 35.7 Å². The summed E-state index contributed by atoms with van der Waals surface area (Å²) in [6.45, 7) is -0.114. The third-order valence-corrected chi connectivity index (χ3v) is 10.9. The van der Waals surface area contributed by atoms with Gasteiger partial charge in [0, 0.05) is 47.0 Å². The lowest BCUT2D eigenvalue weighted by atomic mass is 9.90. The zero-order valence-corrected chi connectivity index (χ0v) is 29.4. The Morgan fingerprint density at radius 1 is 0.880 bits per heavy atom. The molecule has 260 valence electrons. The summed E-state index contributed by atoms with van der Waals surface area (Å²) in [5, 5.41) is 24.8. The molecule has 2 amide bonds. The SMILES string of the molecule is O=C(O)c1ccc([C@@H]2CCN(S(=O)(=O)c3cc(Cl)cc(Cl)c3)C2C(=O)N[C@@H](Cc2ccc(NC(=O)c3c(Cl)cncc3Cl)cc2)C(=O)O)cc1. The molecule has 4 N–H and O–H groups in total. The third-order valence-electron chi connectivity index (χ3n) is 8.00. The number of aromatic carboxylic acids is 1. The first-order valence-electron chi connectivity index (χ1n) is 14.7. The van der Waals surface area contributed by atoms with Crippen molar-refractivity contribution in [2.24, 2.45) is 0 Å². The van der Waals surface area contributed by atoms with E-state index in [-0.39, 0.29) is 55.5 Å². The van der Waals surface area contributed by atoms with Crippen LogP contribution in [-0.2, 0) is 26.0 Å². The molecular weight excluding hydrogens is 754 g/mol. The van der Waals surface area contributed by atoms with E-state index in [4.69, 9.17) is 46.4 Å². The van der Waals surface area contributed by atoms with Crippen LogP contribution in [0, 0.1) is 0 Å². The number of carbonyl (C=O) groups is 4. The average molecular weight is 780 g/mol. The number of amides is 2. The summed E-state index contributed by atoms with van der Waals surface area (Å²) in [4.78, 5) is 54.1.